The van der Waals surface area contributed by atoms with Crippen molar-refractivity contribution >= 4 is 23.0 Å². The fourth-order valence-corrected chi connectivity index (χ4v) is 2.81. The van der Waals surface area contributed by atoms with Crippen molar-refractivity contribution in [3.63, 3.8) is 0 Å². The number of hydrogen-bond acceptors (Lipinski definition) is 4. The molecule has 0 saturated heterocycles. The van der Waals surface area contributed by atoms with E-state index in [1.54, 1.807) is 23.5 Å². The number of aryl methyl sites for hydroxylation is 1. The largest absolute Gasteiger partial charge is 0.467 e. The highest BCUT2D eigenvalue weighted by Crippen LogP contribution is 2.28. The van der Waals surface area contributed by atoms with Crippen LogP contribution in [0.2, 0.25) is 0 Å². The highest BCUT2D eigenvalue weighted by Gasteiger charge is 2.23. The molecular formula is C15H16FNO2S. The summed E-state index contributed by atoms with van der Waals surface area (Å²) in [4.78, 5) is 14.0. The van der Waals surface area contributed by atoms with Gasteiger partial charge >= 0.3 is 5.97 Å². The van der Waals surface area contributed by atoms with Crippen LogP contribution in [0.4, 0.5) is 10.1 Å². The van der Waals surface area contributed by atoms with Crippen molar-refractivity contribution in [3.05, 3.63) is 52.0 Å². The van der Waals surface area contributed by atoms with Gasteiger partial charge in [-0.3, -0.25) is 0 Å². The maximum Gasteiger partial charge on any atom is 0.333 e. The van der Waals surface area contributed by atoms with E-state index in [4.69, 9.17) is 4.74 Å². The summed E-state index contributed by atoms with van der Waals surface area (Å²) in [6.45, 7) is 2.07. The zero-order chi connectivity index (χ0) is 14.5. The Balaban J connectivity index is 2.23. The zero-order valence-electron chi connectivity index (χ0n) is 11.4. The van der Waals surface area contributed by atoms with Gasteiger partial charge in [0.2, 0.25) is 0 Å². The number of nitrogens with one attached hydrogen (secondary N) is 1. The molecule has 0 aliphatic carbocycles. The van der Waals surface area contributed by atoms with Gasteiger partial charge in [-0.2, -0.15) is 0 Å². The fraction of sp³-hybridized carbons (Fsp3) is 0.267. The molecule has 0 fully saturated rings. The highest BCUT2D eigenvalue weighted by molar-refractivity contribution is 7.12. The lowest BCUT2D eigenvalue weighted by Gasteiger charge is -2.16. The minimum absolute atomic E-state index is 0.311. The van der Waals surface area contributed by atoms with Crippen LogP contribution in [0, 0.1) is 5.82 Å². The second-order valence-electron chi connectivity index (χ2n) is 4.27. The first-order chi connectivity index (χ1) is 9.63. The molecule has 0 bridgehead atoms. The normalized spacial score (nSPS) is 11.9. The van der Waals surface area contributed by atoms with Crippen LogP contribution < -0.4 is 5.32 Å². The average molecular weight is 293 g/mol. The highest BCUT2D eigenvalue weighted by atomic mass is 32.1. The summed E-state index contributed by atoms with van der Waals surface area (Å²) in [5, 5.41) is 3.08. The van der Waals surface area contributed by atoms with Crippen molar-refractivity contribution < 1.29 is 13.9 Å². The molecule has 1 heterocycles. The van der Waals surface area contributed by atoms with Gasteiger partial charge in [-0.25, -0.2) is 9.18 Å². The van der Waals surface area contributed by atoms with E-state index in [0.29, 0.717) is 5.69 Å². The van der Waals surface area contributed by atoms with Gasteiger partial charge in [-0.15, -0.1) is 11.3 Å². The number of benzene rings is 1. The molecule has 0 radical (unpaired) electrons. The Morgan fingerprint density at radius 2 is 2.00 bits per heavy atom. The predicted octanol–water partition coefficient (Wildman–Crippen LogP) is 3.78. The van der Waals surface area contributed by atoms with Crippen LogP contribution >= 0.6 is 11.3 Å². The molecule has 0 aliphatic heterocycles. The Kier molecular flexibility index (Phi) is 4.74. The summed E-state index contributed by atoms with van der Waals surface area (Å²) in [7, 11) is 1.36. The maximum atomic E-state index is 12.9. The number of halogens is 1. The molecule has 20 heavy (non-hydrogen) atoms. The Labute approximate surface area is 121 Å². The zero-order valence-corrected chi connectivity index (χ0v) is 12.2. The van der Waals surface area contributed by atoms with E-state index in [1.807, 2.05) is 12.1 Å². The summed E-state index contributed by atoms with van der Waals surface area (Å²) >= 11 is 1.57. The van der Waals surface area contributed by atoms with Gasteiger partial charge in [0.1, 0.15) is 5.82 Å². The monoisotopic (exact) mass is 293 g/mol. The Morgan fingerprint density at radius 1 is 1.30 bits per heavy atom. The molecule has 1 N–H and O–H groups in total. The molecule has 2 rings (SSSR count). The van der Waals surface area contributed by atoms with Gasteiger partial charge in [-0.1, -0.05) is 6.92 Å². The van der Waals surface area contributed by atoms with Gasteiger partial charge < -0.3 is 10.1 Å². The maximum absolute atomic E-state index is 12.9. The molecule has 1 unspecified atom stereocenters. The average Bonchev–Trinajstić information content (AvgIpc) is 2.94. The second kappa shape index (κ2) is 6.52. The van der Waals surface area contributed by atoms with Crippen molar-refractivity contribution in [3.8, 4) is 0 Å². The number of esters is 1. The van der Waals surface area contributed by atoms with Crippen LogP contribution in [0.5, 0.6) is 0 Å². The molecule has 0 amide bonds. The Morgan fingerprint density at radius 3 is 2.55 bits per heavy atom. The van der Waals surface area contributed by atoms with E-state index < -0.39 is 6.04 Å². The summed E-state index contributed by atoms with van der Waals surface area (Å²) in [6.07, 6.45) is 0.926. The minimum Gasteiger partial charge on any atom is -0.467 e. The van der Waals surface area contributed by atoms with Gasteiger partial charge in [0, 0.05) is 15.4 Å². The molecule has 5 heteroatoms. The minimum atomic E-state index is -0.573. The number of rotatable bonds is 5. The number of carbonyl (C=O) groups excluding carboxylic acids is 1. The molecule has 3 nitrogen and oxygen atoms in total. The van der Waals surface area contributed by atoms with Crippen LogP contribution in [-0.2, 0) is 16.0 Å². The van der Waals surface area contributed by atoms with E-state index in [0.717, 1.165) is 11.3 Å². The van der Waals surface area contributed by atoms with Crippen molar-refractivity contribution in [2.75, 3.05) is 12.4 Å². The molecule has 0 saturated carbocycles. The first-order valence-electron chi connectivity index (χ1n) is 6.32. The molecule has 0 spiro atoms. The molecule has 106 valence electrons. The van der Waals surface area contributed by atoms with Crippen molar-refractivity contribution in [1.82, 2.24) is 0 Å². The quantitative estimate of drug-likeness (QED) is 0.853. The lowest BCUT2D eigenvalue weighted by molar-refractivity contribution is -0.141. The standard InChI is InChI=1S/C15H16FNO2S/c1-3-12-8-9-13(20-12)14(15(18)19-2)17-11-6-4-10(16)5-7-11/h4-9,14,17H,3H2,1-2H3. The number of methoxy groups -OCH3 is 1. The first-order valence-corrected chi connectivity index (χ1v) is 7.14. The molecule has 2 aromatic rings. The Bertz CT molecular complexity index is 580. The fourth-order valence-electron chi connectivity index (χ4n) is 1.82. The molecule has 1 atom stereocenters. The van der Waals surface area contributed by atoms with E-state index in [2.05, 4.69) is 12.2 Å². The van der Waals surface area contributed by atoms with Gasteiger partial charge in [-0.05, 0) is 42.8 Å². The van der Waals surface area contributed by atoms with E-state index in [1.165, 1.54) is 24.1 Å². The van der Waals surface area contributed by atoms with Gasteiger partial charge in [0.05, 0.1) is 7.11 Å². The SMILES string of the molecule is CCc1ccc(C(Nc2ccc(F)cc2)C(=O)OC)s1. The molecule has 1 aromatic heterocycles. The summed E-state index contributed by atoms with van der Waals surface area (Å²) in [6, 6.07) is 9.24. The molecular weight excluding hydrogens is 277 g/mol. The third kappa shape index (κ3) is 3.36. The summed E-state index contributed by atoms with van der Waals surface area (Å²) in [5.74, 6) is -0.673. The van der Waals surface area contributed by atoms with Gasteiger partial charge in [0.15, 0.2) is 6.04 Å². The number of hydrogen-bond donors (Lipinski definition) is 1. The molecule has 0 aliphatic rings. The predicted molar refractivity (Wildman–Crippen MR) is 78.5 cm³/mol. The summed E-state index contributed by atoms with van der Waals surface area (Å²) < 4.78 is 17.7. The smallest absolute Gasteiger partial charge is 0.333 e. The first kappa shape index (κ1) is 14.5. The van der Waals surface area contributed by atoms with E-state index in [-0.39, 0.29) is 11.8 Å². The van der Waals surface area contributed by atoms with Crippen LogP contribution in [0.25, 0.3) is 0 Å². The summed E-state index contributed by atoms with van der Waals surface area (Å²) in [5.41, 5.74) is 0.674. The lowest BCUT2D eigenvalue weighted by atomic mass is 10.2. The molecule has 1 aromatic carbocycles. The van der Waals surface area contributed by atoms with Crippen molar-refractivity contribution in [2.45, 2.75) is 19.4 Å². The third-order valence-corrected chi connectivity index (χ3v) is 4.20. The van der Waals surface area contributed by atoms with Crippen LogP contribution in [0.3, 0.4) is 0 Å². The topological polar surface area (TPSA) is 38.3 Å². The number of thiophene rings is 1. The van der Waals surface area contributed by atoms with Crippen molar-refractivity contribution in [2.24, 2.45) is 0 Å². The van der Waals surface area contributed by atoms with Crippen LogP contribution in [-0.4, -0.2) is 13.1 Å². The lowest BCUT2D eigenvalue weighted by Crippen LogP contribution is -2.21. The van der Waals surface area contributed by atoms with E-state index >= 15 is 0 Å². The second-order valence-corrected chi connectivity index (χ2v) is 5.46. The van der Waals surface area contributed by atoms with Crippen LogP contribution in [0.1, 0.15) is 22.7 Å². The third-order valence-electron chi connectivity index (χ3n) is 2.91. The van der Waals surface area contributed by atoms with Crippen LogP contribution in [0.15, 0.2) is 36.4 Å². The number of carbonyl (C=O) groups is 1. The Hall–Kier alpha value is -1.88. The number of anilines is 1. The number of ether oxygens (including phenoxy) is 1. The van der Waals surface area contributed by atoms with E-state index in [9.17, 15) is 9.18 Å². The van der Waals surface area contributed by atoms with Crippen molar-refractivity contribution in [1.29, 1.82) is 0 Å². The van der Waals surface area contributed by atoms with Gasteiger partial charge in [0.25, 0.3) is 0 Å².